The molecule has 4 heterocycles. The molecule has 0 amide bonds. The van der Waals surface area contributed by atoms with Crippen molar-refractivity contribution < 1.29 is 9.47 Å². The van der Waals surface area contributed by atoms with Crippen molar-refractivity contribution in [3.8, 4) is 0 Å². The first-order valence-electron chi connectivity index (χ1n) is 6.46. The second-order valence-electron chi connectivity index (χ2n) is 5.31. The zero-order valence-corrected chi connectivity index (χ0v) is 10.1. The summed E-state index contributed by atoms with van der Waals surface area (Å²) in [6, 6.07) is 8.62. The third-order valence-electron chi connectivity index (χ3n) is 4.38. The highest BCUT2D eigenvalue weighted by Gasteiger charge is 2.53. The zero-order valence-electron chi connectivity index (χ0n) is 10.1. The van der Waals surface area contributed by atoms with Crippen LogP contribution >= 0.6 is 0 Å². The SMILES string of the molecule is CC1OC2c3ccccc3N3CCC2(CC3)O1. The molecule has 2 atom stereocenters. The van der Waals surface area contributed by atoms with Crippen LogP contribution in [-0.2, 0) is 9.47 Å². The third-order valence-corrected chi connectivity index (χ3v) is 4.38. The van der Waals surface area contributed by atoms with E-state index in [4.69, 9.17) is 9.47 Å². The van der Waals surface area contributed by atoms with Gasteiger partial charge in [0.25, 0.3) is 0 Å². The largest absolute Gasteiger partial charge is 0.371 e. The summed E-state index contributed by atoms with van der Waals surface area (Å²) >= 11 is 0. The van der Waals surface area contributed by atoms with Crippen molar-refractivity contribution in [2.45, 2.75) is 37.8 Å². The number of hydrogen-bond acceptors (Lipinski definition) is 3. The van der Waals surface area contributed by atoms with Crippen molar-refractivity contribution in [3.05, 3.63) is 29.8 Å². The Kier molecular flexibility index (Phi) is 1.89. The van der Waals surface area contributed by atoms with Gasteiger partial charge in [0.15, 0.2) is 6.29 Å². The molecule has 0 aliphatic carbocycles. The first kappa shape index (κ1) is 9.92. The van der Waals surface area contributed by atoms with Gasteiger partial charge in [-0.25, -0.2) is 0 Å². The van der Waals surface area contributed by atoms with E-state index in [1.807, 2.05) is 6.92 Å². The molecule has 5 rings (SSSR count). The number of anilines is 1. The van der Waals surface area contributed by atoms with Crippen LogP contribution in [0.5, 0.6) is 0 Å². The van der Waals surface area contributed by atoms with Gasteiger partial charge in [-0.15, -0.1) is 0 Å². The Morgan fingerprint density at radius 2 is 2.00 bits per heavy atom. The number of ether oxygens (including phenoxy) is 2. The smallest absolute Gasteiger partial charge is 0.156 e. The molecule has 4 aliphatic rings. The molecule has 90 valence electrons. The topological polar surface area (TPSA) is 21.7 Å². The van der Waals surface area contributed by atoms with Crippen LogP contribution in [0.4, 0.5) is 5.69 Å². The number of hydrogen-bond donors (Lipinski definition) is 0. The van der Waals surface area contributed by atoms with Gasteiger partial charge in [-0.3, -0.25) is 0 Å². The van der Waals surface area contributed by atoms with Gasteiger partial charge in [0.05, 0.1) is 0 Å². The quantitative estimate of drug-likeness (QED) is 0.684. The summed E-state index contributed by atoms with van der Waals surface area (Å²) in [5.74, 6) is 0. The second kappa shape index (κ2) is 3.24. The molecule has 17 heavy (non-hydrogen) atoms. The molecule has 0 saturated carbocycles. The normalized spacial score (nSPS) is 38.8. The number of piperidine rings is 1. The predicted octanol–water partition coefficient (Wildman–Crippen LogP) is 2.47. The van der Waals surface area contributed by atoms with E-state index in [1.165, 1.54) is 11.3 Å². The second-order valence-corrected chi connectivity index (χ2v) is 5.31. The molecule has 0 N–H and O–H groups in total. The van der Waals surface area contributed by atoms with Gasteiger partial charge in [0.2, 0.25) is 0 Å². The molecular formula is C14H17NO2. The Morgan fingerprint density at radius 3 is 2.82 bits per heavy atom. The van der Waals surface area contributed by atoms with Crippen molar-refractivity contribution in [2.24, 2.45) is 0 Å². The summed E-state index contributed by atoms with van der Waals surface area (Å²) < 4.78 is 12.2. The van der Waals surface area contributed by atoms with Gasteiger partial charge < -0.3 is 14.4 Å². The van der Waals surface area contributed by atoms with Crippen LogP contribution in [-0.4, -0.2) is 25.0 Å². The molecule has 1 aromatic rings. The number of para-hydroxylation sites is 1. The van der Waals surface area contributed by atoms with Crippen molar-refractivity contribution in [3.63, 3.8) is 0 Å². The van der Waals surface area contributed by atoms with Crippen LogP contribution in [0.15, 0.2) is 24.3 Å². The minimum atomic E-state index is -0.0716. The fraction of sp³-hybridized carbons (Fsp3) is 0.571. The molecule has 2 unspecified atom stereocenters. The predicted molar refractivity (Wildman–Crippen MR) is 65.0 cm³/mol. The summed E-state index contributed by atoms with van der Waals surface area (Å²) in [6.07, 6.45) is 2.21. The van der Waals surface area contributed by atoms with Crippen molar-refractivity contribution in [2.75, 3.05) is 18.0 Å². The fourth-order valence-electron chi connectivity index (χ4n) is 3.60. The van der Waals surface area contributed by atoms with E-state index in [1.54, 1.807) is 0 Å². The van der Waals surface area contributed by atoms with E-state index >= 15 is 0 Å². The Hall–Kier alpha value is -1.06. The molecule has 3 heteroatoms. The highest BCUT2D eigenvalue weighted by atomic mass is 16.7. The Labute approximate surface area is 101 Å². The number of nitrogens with zero attached hydrogens (tertiary/aromatic N) is 1. The van der Waals surface area contributed by atoms with Crippen LogP contribution < -0.4 is 4.90 Å². The zero-order chi connectivity index (χ0) is 11.5. The average Bonchev–Trinajstić information content (AvgIpc) is 2.55. The minimum Gasteiger partial charge on any atom is -0.371 e. The molecule has 2 fully saturated rings. The maximum Gasteiger partial charge on any atom is 0.156 e. The first-order valence-corrected chi connectivity index (χ1v) is 6.46. The van der Waals surface area contributed by atoms with Crippen molar-refractivity contribution in [1.29, 1.82) is 0 Å². The van der Waals surface area contributed by atoms with Crippen molar-refractivity contribution >= 4 is 5.69 Å². The summed E-state index contributed by atoms with van der Waals surface area (Å²) in [5.41, 5.74) is 2.59. The standard InChI is InChI=1S/C14H17NO2/c1-10-16-13-11-4-2-3-5-12(11)15-8-6-14(13,17-10)7-9-15/h2-5,10,13H,6-9H2,1H3. The maximum atomic E-state index is 6.13. The molecule has 4 aliphatic heterocycles. The van der Waals surface area contributed by atoms with Gasteiger partial charge in [-0.2, -0.15) is 0 Å². The minimum absolute atomic E-state index is 0.0669. The molecule has 2 bridgehead atoms. The lowest BCUT2D eigenvalue weighted by molar-refractivity contribution is -0.0842. The van der Waals surface area contributed by atoms with Crippen LogP contribution in [0.25, 0.3) is 0 Å². The lowest BCUT2D eigenvalue weighted by atomic mass is 9.85. The monoisotopic (exact) mass is 231 g/mol. The maximum absolute atomic E-state index is 6.13. The Balaban J connectivity index is 1.91. The van der Waals surface area contributed by atoms with E-state index in [0.29, 0.717) is 0 Å². The highest BCUT2D eigenvalue weighted by Crippen LogP contribution is 2.52. The Bertz CT molecular complexity index is 451. The molecule has 2 saturated heterocycles. The van der Waals surface area contributed by atoms with E-state index in [9.17, 15) is 0 Å². The molecule has 1 spiro atoms. The highest BCUT2D eigenvalue weighted by molar-refractivity contribution is 5.58. The summed E-state index contributed by atoms with van der Waals surface area (Å²) in [4.78, 5) is 2.47. The van der Waals surface area contributed by atoms with Crippen LogP contribution in [0, 0.1) is 0 Å². The van der Waals surface area contributed by atoms with E-state index in [0.717, 1.165) is 25.9 Å². The number of rotatable bonds is 0. The molecule has 0 aromatic heterocycles. The summed E-state index contributed by atoms with van der Waals surface area (Å²) in [7, 11) is 0. The van der Waals surface area contributed by atoms with Gasteiger partial charge in [0.1, 0.15) is 11.7 Å². The molecular weight excluding hydrogens is 214 g/mol. The molecule has 1 aromatic carbocycles. The van der Waals surface area contributed by atoms with Crippen LogP contribution in [0.1, 0.15) is 31.4 Å². The van der Waals surface area contributed by atoms with Crippen LogP contribution in [0.3, 0.4) is 0 Å². The molecule has 3 nitrogen and oxygen atoms in total. The van der Waals surface area contributed by atoms with E-state index in [2.05, 4.69) is 29.2 Å². The number of benzene rings is 1. The first-order chi connectivity index (χ1) is 8.28. The van der Waals surface area contributed by atoms with Gasteiger partial charge in [-0.05, 0) is 25.8 Å². The van der Waals surface area contributed by atoms with Crippen molar-refractivity contribution in [1.82, 2.24) is 0 Å². The lowest BCUT2D eigenvalue weighted by Crippen LogP contribution is -2.44. The van der Waals surface area contributed by atoms with Crippen LogP contribution in [0.2, 0.25) is 0 Å². The third kappa shape index (κ3) is 1.24. The average molecular weight is 231 g/mol. The van der Waals surface area contributed by atoms with E-state index in [-0.39, 0.29) is 18.0 Å². The summed E-state index contributed by atoms with van der Waals surface area (Å²) in [6.45, 7) is 4.19. The van der Waals surface area contributed by atoms with Gasteiger partial charge >= 0.3 is 0 Å². The fourth-order valence-corrected chi connectivity index (χ4v) is 3.60. The van der Waals surface area contributed by atoms with E-state index < -0.39 is 0 Å². The molecule has 0 radical (unpaired) electrons. The number of fused-ring (bicyclic) bond motifs is 2. The lowest BCUT2D eigenvalue weighted by Gasteiger charge is -2.37. The summed E-state index contributed by atoms with van der Waals surface area (Å²) in [5, 5.41) is 0. The van der Waals surface area contributed by atoms with Gasteiger partial charge in [-0.1, -0.05) is 18.2 Å². The van der Waals surface area contributed by atoms with Gasteiger partial charge in [0, 0.05) is 24.3 Å². The Morgan fingerprint density at radius 1 is 1.24 bits per heavy atom.